The van der Waals surface area contributed by atoms with Gasteiger partial charge in [-0.25, -0.2) is 0 Å². The monoisotopic (exact) mass is 359 g/mol. The molecule has 1 unspecified atom stereocenters. The van der Waals surface area contributed by atoms with Crippen molar-refractivity contribution in [3.05, 3.63) is 52.5 Å². The molecule has 0 saturated carbocycles. The molecule has 5 nitrogen and oxygen atoms in total. The molecule has 2 saturated heterocycles. The number of ether oxygens (including phenoxy) is 2. The first-order chi connectivity index (χ1) is 12.3. The Balaban J connectivity index is 1.43. The van der Waals surface area contributed by atoms with E-state index in [2.05, 4.69) is 43.7 Å². The fourth-order valence-electron chi connectivity index (χ4n) is 3.75. The fraction of sp³-hybridized carbons (Fsp3) is 0.526. The van der Waals surface area contributed by atoms with Gasteiger partial charge < -0.3 is 9.47 Å². The first-order valence-electron chi connectivity index (χ1n) is 8.88. The lowest BCUT2D eigenvalue weighted by atomic mass is 10.0. The lowest BCUT2D eigenvalue weighted by molar-refractivity contribution is -0.143. The molecule has 4 heterocycles. The molecule has 25 heavy (non-hydrogen) atoms. The van der Waals surface area contributed by atoms with Crippen LogP contribution in [-0.4, -0.2) is 66.4 Å². The fourth-order valence-corrected chi connectivity index (χ4v) is 4.41. The molecule has 0 aromatic carbocycles. The predicted molar refractivity (Wildman–Crippen MR) is 98.6 cm³/mol. The zero-order valence-corrected chi connectivity index (χ0v) is 15.3. The maximum atomic E-state index is 6.29. The van der Waals surface area contributed by atoms with Gasteiger partial charge in [-0.05, 0) is 40.1 Å². The number of aromatic nitrogens is 1. The molecule has 0 amide bonds. The summed E-state index contributed by atoms with van der Waals surface area (Å²) >= 11 is 1.76. The molecule has 6 heteroatoms. The quantitative estimate of drug-likeness (QED) is 0.837. The van der Waals surface area contributed by atoms with Crippen molar-refractivity contribution < 1.29 is 9.47 Å². The summed E-state index contributed by atoms with van der Waals surface area (Å²) in [5, 5.41) is 4.39. The highest BCUT2D eigenvalue weighted by Crippen LogP contribution is 2.25. The van der Waals surface area contributed by atoms with Crippen LogP contribution in [0.15, 0.2) is 41.4 Å². The molecule has 2 aromatic heterocycles. The van der Waals surface area contributed by atoms with Crippen molar-refractivity contribution in [2.45, 2.75) is 18.7 Å². The minimum atomic E-state index is -0.224. The minimum Gasteiger partial charge on any atom is -0.377 e. The first-order valence-corrected chi connectivity index (χ1v) is 9.82. The Morgan fingerprint density at radius 1 is 1.00 bits per heavy atom. The molecule has 2 aliphatic rings. The van der Waals surface area contributed by atoms with Gasteiger partial charge in [0.1, 0.15) is 5.60 Å². The van der Waals surface area contributed by atoms with Crippen LogP contribution in [-0.2, 0) is 22.6 Å². The van der Waals surface area contributed by atoms with E-state index in [-0.39, 0.29) is 5.60 Å². The number of nitrogens with zero attached hydrogens (tertiary/aromatic N) is 3. The van der Waals surface area contributed by atoms with E-state index in [0.29, 0.717) is 6.61 Å². The highest BCUT2D eigenvalue weighted by Gasteiger charge is 2.40. The molecule has 1 spiro atoms. The second kappa shape index (κ2) is 7.93. The van der Waals surface area contributed by atoms with Gasteiger partial charge in [-0.15, -0.1) is 0 Å². The van der Waals surface area contributed by atoms with Gasteiger partial charge in [-0.1, -0.05) is 0 Å². The predicted octanol–water partition coefficient (Wildman–Crippen LogP) is 2.25. The molecule has 2 aliphatic heterocycles. The molecule has 2 fully saturated rings. The van der Waals surface area contributed by atoms with Crippen LogP contribution in [0, 0.1) is 0 Å². The average Bonchev–Trinajstić information content (AvgIpc) is 3.05. The lowest BCUT2D eigenvalue weighted by Crippen LogP contribution is -2.58. The molecule has 134 valence electrons. The second-order valence-electron chi connectivity index (χ2n) is 6.99. The van der Waals surface area contributed by atoms with Crippen LogP contribution in [0.4, 0.5) is 0 Å². The van der Waals surface area contributed by atoms with Gasteiger partial charge in [-0.2, -0.15) is 11.3 Å². The van der Waals surface area contributed by atoms with E-state index in [1.54, 1.807) is 11.3 Å². The SMILES string of the molecule is c1cc(CN2CCOCC3(C2)CN(Cc2ccsc2)CCO3)ccn1. The Morgan fingerprint density at radius 3 is 2.52 bits per heavy atom. The normalized spacial score (nSPS) is 25.9. The van der Waals surface area contributed by atoms with Gasteiger partial charge in [0.2, 0.25) is 0 Å². The van der Waals surface area contributed by atoms with Crippen molar-refractivity contribution in [3.8, 4) is 0 Å². The van der Waals surface area contributed by atoms with E-state index in [1.165, 1.54) is 11.1 Å². The second-order valence-corrected chi connectivity index (χ2v) is 7.77. The van der Waals surface area contributed by atoms with Gasteiger partial charge in [0.15, 0.2) is 0 Å². The highest BCUT2D eigenvalue weighted by atomic mass is 32.1. The van der Waals surface area contributed by atoms with Gasteiger partial charge in [0.05, 0.1) is 19.8 Å². The molecule has 0 bridgehead atoms. The number of pyridine rings is 1. The third-order valence-electron chi connectivity index (χ3n) is 4.90. The van der Waals surface area contributed by atoms with Gasteiger partial charge in [0.25, 0.3) is 0 Å². The van der Waals surface area contributed by atoms with Crippen LogP contribution < -0.4 is 0 Å². The van der Waals surface area contributed by atoms with E-state index in [0.717, 1.165) is 52.5 Å². The zero-order chi connectivity index (χ0) is 17.0. The number of hydrogen-bond acceptors (Lipinski definition) is 6. The summed E-state index contributed by atoms with van der Waals surface area (Å²) in [5.41, 5.74) is 2.46. The number of hydrogen-bond donors (Lipinski definition) is 0. The van der Waals surface area contributed by atoms with Crippen LogP contribution in [0.2, 0.25) is 0 Å². The highest BCUT2D eigenvalue weighted by molar-refractivity contribution is 7.07. The van der Waals surface area contributed by atoms with Crippen LogP contribution in [0.5, 0.6) is 0 Å². The van der Waals surface area contributed by atoms with E-state index in [1.807, 2.05) is 12.4 Å². The molecule has 0 radical (unpaired) electrons. The molecular weight excluding hydrogens is 334 g/mol. The molecular formula is C19H25N3O2S. The van der Waals surface area contributed by atoms with E-state index < -0.39 is 0 Å². The van der Waals surface area contributed by atoms with Crippen molar-refractivity contribution in [2.24, 2.45) is 0 Å². The summed E-state index contributed by atoms with van der Waals surface area (Å²) in [6.07, 6.45) is 3.72. The maximum absolute atomic E-state index is 6.29. The number of thiophene rings is 1. The third-order valence-corrected chi connectivity index (χ3v) is 5.63. The van der Waals surface area contributed by atoms with Crippen LogP contribution in [0.25, 0.3) is 0 Å². The van der Waals surface area contributed by atoms with E-state index >= 15 is 0 Å². The Bertz CT molecular complexity index is 652. The Hall–Kier alpha value is -1.31. The molecule has 0 N–H and O–H groups in total. The summed E-state index contributed by atoms with van der Waals surface area (Å²) in [6, 6.07) is 6.39. The third kappa shape index (κ3) is 4.46. The van der Waals surface area contributed by atoms with Crippen molar-refractivity contribution in [1.82, 2.24) is 14.8 Å². The summed E-state index contributed by atoms with van der Waals surface area (Å²) in [5.74, 6) is 0. The topological polar surface area (TPSA) is 37.8 Å². The van der Waals surface area contributed by atoms with Crippen molar-refractivity contribution >= 4 is 11.3 Å². The molecule has 0 aliphatic carbocycles. The summed E-state index contributed by atoms with van der Waals surface area (Å²) in [4.78, 5) is 9.07. The van der Waals surface area contributed by atoms with Crippen molar-refractivity contribution in [2.75, 3.05) is 46.0 Å². The maximum Gasteiger partial charge on any atom is 0.117 e. The molecule has 4 rings (SSSR count). The van der Waals surface area contributed by atoms with Crippen LogP contribution in [0.1, 0.15) is 11.1 Å². The lowest BCUT2D eigenvalue weighted by Gasteiger charge is -2.43. The standard InChI is InChI=1S/C19H25N3O2S/c1-4-20-5-2-17(1)11-21-6-8-23-16-19(14-21)15-22(7-9-24-19)12-18-3-10-25-13-18/h1-5,10,13H,6-9,11-12,14-16H2. The molecule has 1 atom stereocenters. The van der Waals surface area contributed by atoms with Crippen molar-refractivity contribution in [3.63, 3.8) is 0 Å². The van der Waals surface area contributed by atoms with E-state index in [9.17, 15) is 0 Å². The van der Waals surface area contributed by atoms with Gasteiger partial charge in [-0.3, -0.25) is 14.8 Å². The largest absolute Gasteiger partial charge is 0.377 e. The van der Waals surface area contributed by atoms with E-state index in [4.69, 9.17) is 9.47 Å². The summed E-state index contributed by atoms with van der Waals surface area (Å²) < 4.78 is 12.2. The number of morpholine rings is 1. The Morgan fingerprint density at radius 2 is 1.76 bits per heavy atom. The summed E-state index contributed by atoms with van der Waals surface area (Å²) in [7, 11) is 0. The zero-order valence-electron chi connectivity index (χ0n) is 14.5. The van der Waals surface area contributed by atoms with Crippen LogP contribution >= 0.6 is 11.3 Å². The van der Waals surface area contributed by atoms with Gasteiger partial charge in [0, 0.05) is 51.7 Å². The first kappa shape index (κ1) is 17.1. The van der Waals surface area contributed by atoms with Crippen molar-refractivity contribution in [1.29, 1.82) is 0 Å². The van der Waals surface area contributed by atoms with Gasteiger partial charge >= 0.3 is 0 Å². The molecule has 2 aromatic rings. The smallest absolute Gasteiger partial charge is 0.117 e. The Kier molecular flexibility index (Phi) is 5.43. The minimum absolute atomic E-state index is 0.224. The van der Waals surface area contributed by atoms with Crippen LogP contribution in [0.3, 0.4) is 0 Å². The average molecular weight is 359 g/mol. The number of rotatable bonds is 4. The summed E-state index contributed by atoms with van der Waals surface area (Å²) in [6.45, 7) is 7.91. The Labute approximate surface area is 153 Å².